The van der Waals surface area contributed by atoms with E-state index in [9.17, 15) is 0 Å². The predicted molar refractivity (Wildman–Crippen MR) is 219 cm³/mol. The van der Waals surface area contributed by atoms with Crippen molar-refractivity contribution in [1.82, 2.24) is 0 Å². The smallest absolute Gasteiger partial charge is 0.140 e. The van der Waals surface area contributed by atoms with Crippen LogP contribution in [-0.4, -0.2) is 0 Å². The lowest BCUT2D eigenvalue weighted by Crippen LogP contribution is -2.33. The molecule has 8 aromatic carbocycles. The van der Waals surface area contributed by atoms with Crippen molar-refractivity contribution in [2.75, 3.05) is 0 Å². The lowest BCUT2D eigenvalue weighted by Gasteiger charge is -2.40. The van der Waals surface area contributed by atoms with E-state index < -0.39 is 10.8 Å². The summed E-state index contributed by atoms with van der Waals surface area (Å²) >= 11 is 3.80. The van der Waals surface area contributed by atoms with E-state index in [0.29, 0.717) is 0 Å². The Morgan fingerprint density at radius 3 is 1.61 bits per heavy atom. The van der Waals surface area contributed by atoms with Gasteiger partial charge < -0.3 is 9.47 Å². The van der Waals surface area contributed by atoms with Crippen molar-refractivity contribution >= 4 is 15.9 Å². The molecule has 2 nitrogen and oxygen atoms in total. The molecule has 0 saturated carbocycles. The first kappa shape index (κ1) is 30.3. The van der Waals surface area contributed by atoms with Crippen molar-refractivity contribution in [3.63, 3.8) is 0 Å². The van der Waals surface area contributed by atoms with Crippen LogP contribution in [0.25, 0.3) is 33.4 Å². The molecule has 12 rings (SSSR count). The van der Waals surface area contributed by atoms with Gasteiger partial charge in [0.25, 0.3) is 0 Å². The first-order chi connectivity index (χ1) is 26.6. The van der Waals surface area contributed by atoms with Crippen LogP contribution in [0.4, 0.5) is 0 Å². The summed E-state index contributed by atoms with van der Waals surface area (Å²) in [6.45, 7) is 2.27. The third kappa shape index (κ3) is 3.56. The Balaban J connectivity index is 1.20. The summed E-state index contributed by atoms with van der Waals surface area (Å²) < 4.78 is 14.9. The van der Waals surface area contributed by atoms with Gasteiger partial charge in [0.1, 0.15) is 23.0 Å². The van der Waals surface area contributed by atoms with Crippen LogP contribution in [0.15, 0.2) is 174 Å². The van der Waals surface area contributed by atoms with Gasteiger partial charge in [0.2, 0.25) is 0 Å². The Hall–Kier alpha value is -6.16. The molecule has 1 unspecified atom stereocenters. The number of halogens is 1. The minimum Gasteiger partial charge on any atom is -0.457 e. The van der Waals surface area contributed by atoms with Crippen LogP contribution in [-0.2, 0) is 10.8 Å². The molecule has 0 bridgehead atoms. The van der Waals surface area contributed by atoms with Crippen molar-refractivity contribution in [2.24, 2.45) is 0 Å². The summed E-state index contributed by atoms with van der Waals surface area (Å²) in [6, 6.07) is 61.9. The fourth-order valence-corrected chi connectivity index (χ4v) is 10.9. The van der Waals surface area contributed by atoms with Crippen molar-refractivity contribution in [1.29, 1.82) is 0 Å². The molecule has 3 heteroatoms. The van der Waals surface area contributed by atoms with Crippen LogP contribution < -0.4 is 9.47 Å². The lowest BCUT2D eigenvalue weighted by atomic mass is 9.64. The quantitative estimate of drug-likeness (QED) is 0.166. The highest BCUT2D eigenvalue weighted by atomic mass is 79.9. The van der Waals surface area contributed by atoms with E-state index in [1.165, 1.54) is 61.2 Å². The molecule has 2 aliphatic carbocycles. The van der Waals surface area contributed by atoms with Gasteiger partial charge in [0.15, 0.2) is 0 Å². The molecule has 2 aliphatic heterocycles. The monoisotopic (exact) mass is 754 g/mol. The van der Waals surface area contributed by atoms with Crippen molar-refractivity contribution in [3.8, 4) is 56.4 Å². The first-order valence-corrected chi connectivity index (χ1v) is 19.3. The van der Waals surface area contributed by atoms with Crippen LogP contribution in [0.3, 0.4) is 0 Å². The fourth-order valence-electron chi connectivity index (χ4n) is 10.5. The van der Waals surface area contributed by atoms with Gasteiger partial charge in [-0.3, -0.25) is 0 Å². The zero-order valence-electron chi connectivity index (χ0n) is 29.4. The standard InChI is InChI=1S/C51H31BrO2/c1-30-25-27-33(47-35-14-3-5-17-38(35)51(48(30)47)41-19-7-9-22-44(41)53-45-23-10-8-20-42(45)51)34-15-12-21-43-49(34)54-46-24-11-6-18-40(46)50(43)37-16-4-2-13-32(37)36-29-31(52)26-28-39(36)50/h2-29H,1H3. The second-order valence-corrected chi connectivity index (χ2v) is 15.8. The van der Waals surface area contributed by atoms with Gasteiger partial charge in [0, 0.05) is 32.3 Å². The first-order valence-electron chi connectivity index (χ1n) is 18.5. The number of hydrogen-bond donors (Lipinski definition) is 0. The van der Waals surface area contributed by atoms with Crippen LogP contribution in [0.2, 0.25) is 0 Å². The Morgan fingerprint density at radius 1 is 0.389 bits per heavy atom. The highest BCUT2D eigenvalue weighted by molar-refractivity contribution is 9.10. The summed E-state index contributed by atoms with van der Waals surface area (Å²) in [7, 11) is 0. The minimum atomic E-state index is -0.558. The summed E-state index contributed by atoms with van der Waals surface area (Å²) in [5.41, 5.74) is 17.1. The van der Waals surface area contributed by atoms with Crippen molar-refractivity contribution in [2.45, 2.75) is 17.8 Å². The normalized spacial score (nSPS) is 16.9. The molecule has 2 spiro atoms. The Bertz CT molecular complexity index is 2890. The summed E-state index contributed by atoms with van der Waals surface area (Å²) in [5, 5.41) is 0. The number of fused-ring (bicyclic) bond motifs is 18. The molecular weight excluding hydrogens is 724 g/mol. The van der Waals surface area contributed by atoms with Gasteiger partial charge in [-0.05, 0) is 92.9 Å². The molecule has 54 heavy (non-hydrogen) atoms. The summed E-state index contributed by atoms with van der Waals surface area (Å²) in [5.74, 6) is 3.58. The molecule has 254 valence electrons. The fraction of sp³-hybridized carbons (Fsp3) is 0.0588. The van der Waals surface area contributed by atoms with E-state index in [1.807, 2.05) is 0 Å². The Labute approximate surface area is 322 Å². The molecular formula is C51H31BrO2. The highest BCUT2D eigenvalue weighted by Crippen LogP contribution is 2.67. The maximum atomic E-state index is 7.20. The summed E-state index contributed by atoms with van der Waals surface area (Å²) in [4.78, 5) is 0. The number of rotatable bonds is 1. The minimum absolute atomic E-state index is 0.557. The second-order valence-electron chi connectivity index (χ2n) is 14.8. The Kier molecular flexibility index (Phi) is 6.02. The van der Waals surface area contributed by atoms with E-state index in [1.54, 1.807) is 0 Å². The molecule has 4 aliphatic rings. The van der Waals surface area contributed by atoms with E-state index in [4.69, 9.17) is 9.47 Å². The molecule has 0 saturated heterocycles. The highest BCUT2D eigenvalue weighted by Gasteiger charge is 2.54. The van der Waals surface area contributed by atoms with E-state index in [2.05, 4.69) is 193 Å². The van der Waals surface area contributed by atoms with Gasteiger partial charge >= 0.3 is 0 Å². The largest absolute Gasteiger partial charge is 0.457 e. The molecule has 0 N–H and O–H groups in total. The van der Waals surface area contributed by atoms with E-state index in [-0.39, 0.29) is 0 Å². The maximum Gasteiger partial charge on any atom is 0.140 e. The molecule has 0 radical (unpaired) electrons. The van der Waals surface area contributed by atoms with Crippen LogP contribution >= 0.6 is 15.9 Å². The molecule has 0 amide bonds. The SMILES string of the molecule is Cc1ccc(-c2cccc3c2Oc2ccccc2C32c3ccccc3-c3cc(Br)ccc32)c2c1C1(c3ccccc3Oc3ccccc31)c1ccccc1-2. The molecule has 0 aromatic heterocycles. The molecule has 2 heterocycles. The topological polar surface area (TPSA) is 18.5 Å². The summed E-state index contributed by atoms with van der Waals surface area (Å²) in [6.07, 6.45) is 0. The van der Waals surface area contributed by atoms with Gasteiger partial charge in [-0.1, -0.05) is 155 Å². The average Bonchev–Trinajstić information content (AvgIpc) is 3.68. The lowest BCUT2D eigenvalue weighted by molar-refractivity contribution is 0.436. The maximum absolute atomic E-state index is 7.20. The van der Waals surface area contributed by atoms with Gasteiger partial charge in [0.05, 0.1) is 10.8 Å². The number of aryl methyl sites for hydroxylation is 1. The van der Waals surface area contributed by atoms with Gasteiger partial charge in [-0.15, -0.1) is 0 Å². The Morgan fingerprint density at radius 2 is 0.907 bits per heavy atom. The number of ether oxygens (including phenoxy) is 2. The van der Waals surface area contributed by atoms with Gasteiger partial charge in [-0.25, -0.2) is 0 Å². The molecule has 0 fully saturated rings. The average molecular weight is 756 g/mol. The number of hydrogen-bond acceptors (Lipinski definition) is 2. The molecule has 1 atom stereocenters. The second kappa shape index (κ2) is 10.7. The zero-order chi connectivity index (χ0) is 35.8. The van der Waals surface area contributed by atoms with Crippen LogP contribution in [0, 0.1) is 6.92 Å². The predicted octanol–water partition coefficient (Wildman–Crippen LogP) is 13.4. The van der Waals surface area contributed by atoms with E-state index >= 15 is 0 Å². The van der Waals surface area contributed by atoms with Crippen molar-refractivity contribution < 1.29 is 9.47 Å². The molecule has 8 aromatic rings. The van der Waals surface area contributed by atoms with Crippen LogP contribution in [0.5, 0.6) is 23.0 Å². The van der Waals surface area contributed by atoms with Crippen LogP contribution in [0.1, 0.15) is 50.1 Å². The number of benzene rings is 8. The van der Waals surface area contributed by atoms with Crippen molar-refractivity contribution in [3.05, 3.63) is 224 Å². The van der Waals surface area contributed by atoms with E-state index in [0.717, 1.165) is 49.7 Å². The third-order valence-corrected chi connectivity index (χ3v) is 12.9. The zero-order valence-corrected chi connectivity index (χ0v) is 30.9. The third-order valence-electron chi connectivity index (χ3n) is 12.4. The van der Waals surface area contributed by atoms with Gasteiger partial charge in [-0.2, -0.15) is 0 Å². The number of para-hydroxylation sites is 4.